The number of hydrogen-bond donors (Lipinski definition) is 1. The number of benzene rings is 1. The molecule has 1 nitrogen and oxygen atoms in total. The predicted molar refractivity (Wildman–Crippen MR) is 74.9 cm³/mol. The van der Waals surface area contributed by atoms with Gasteiger partial charge >= 0.3 is 0 Å². The Morgan fingerprint density at radius 2 is 1.94 bits per heavy atom. The number of nitrogens with one attached hydrogen (secondary N) is 1. The summed E-state index contributed by atoms with van der Waals surface area (Å²) < 4.78 is 1.00. The molecule has 1 N–H and O–H groups in total. The summed E-state index contributed by atoms with van der Waals surface area (Å²) >= 11 is 3.37. The standard InChI is InChI=1S/C14H20BrN/c1-12(15)11-16-14(2,3)10-9-13-7-5-4-6-8-13/h4-8,16H,1,9-11H2,2-3H3. The molecular weight excluding hydrogens is 262 g/mol. The lowest BCUT2D eigenvalue weighted by atomic mass is 9.95. The highest BCUT2D eigenvalue weighted by atomic mass is 79.9. The van der Waals surface area contributed by atoms with E-state index in [1.54, 1.807) is 0 Å². The van der Waals surface area contributed by atoms with E-state index in [0.29, 0.717) is 0 Å². The van der Waals surface area contributed by atoms with Crippen molar-refractivity contribution in [2.75, 3.05) is 6.54 Å². The minimum atomic E-state index is 0.145. The highest BCUT2D eigenvalue weighted by Gasteiger charge is 2.16. The quantitative estimate of drug-likeness (QED) is 0.834. The van der Waals surface area contributed by atoms with Crippen LogP contribution in [0.2, 0.25) is 0 Å². The van der Waals surface area contributed by atoms with Crippen molar-refractivity contribution in [2.24, 2.45) is 0 Å². The van der Waals surface area contributed by atoms with Gasteiger partial charge in [-0.2, -0.15) is 0 Å². The van der Waals surface area contributed by atoms with E-state index in [9.17, 15) is 0 Å². The van der Waals surface area contributed by atoms with Crippen molar-refractivity contribution < 1.29 is 0 Å². The van der Waals surface area contributed by atoms with Crippen molar-refractivity contribution in [3.63, 3.8) is 0 Å². The zero-order valence-electron chi connectivity index (χ0n) is 10.1. The molecule has 88 valence electrons. The maximum atomic E-state index is 3.83. The first kappa shape index (κ1) is 13.5. The molecule has 1 aromatic rings. The second-order valence-corrected chi connectivity index (χ2v) is 5.86. The van der Waals surface area contributed by atoms with Gasteiger partial charge in [0.05, 0.1) is 0 Å². The fraction of sp³-hybridized carbons (Fsp3) is 0.429. The summed E-state index contributed by atoms with van der Waals surface area (Å²) in [6.07, 6.45) is 2.23. The van der Waals surface area contributed by atoms with Crippen LogP contribution in [-0.2, 0) is 6.42 Å². The zero-order chi connectivity index (χ0) is 12.0. The molecule has 0 amide bonds. The smallest absolute Gasteiger partial charge is 0.0270 e. The number of rotatable bonds is 6. The van der Waals surface area contributed by atoms with Crippen molar-refractivity contribution in [2.45, 2.75) is 32.2 Å². The van der Waals surface area contributed by atoms with Crippen LogP contribution in [0.1, 0.15) is 25.8 Å². The maximum absolute atomic E-state index is 3.83. The van der Waals surface area contributed by atoms with Crippen LogP contribution in [0.3, 0.4) is 0 Å². The number of halogens is 1. The molecule has 0 aromatic heterocycles. The summed E-state index contributed by atoms with van der Waals surface area (Å²) in [5.74, 6) is 0. The molecule has 0 aliphatic carbocycles. The van der Waals surface area contributed by atoms with Crippen LogP contribution < -0.4 is 5.32 Å². The van der Waals surface area contributed by atoms with Crippen LogP contribution in [0.25, 0.3) is 0 Å². The second-order valence-electron chi connectivity index (χ2n) is 4.74. The molecule has 1 rings (SSSR count). The Morgan fingerprint density at radius 3 is 2.50 bits per heavy atom. The first-order valence-corrected chi connectivity index (χ1v) is 6.41. The zero-order valence-corrected chi connectivity index (χ0v) is 11.7. The van der Waals surface area contributed by atoms with Gasteiger partial charge in [-0.1, -0.05) is 52.8 Å². The molecule has 16 heavy (non-hydrogen) atoms. The Balaban J connectivity index is 2.38. The summed E-state index contributed by atoms with van der Waals surface area (Å²) in [4.78, 5) is 0. The lowest BCUT2D eigenvalue weighted by Gasteiger charge is -2.26. The van der Waals surface area contributed by atoms with Gasteiger partial charge in [-0.05, 0) is 32.3 Å². The molecule has 0 bridgehead atoms. The average molecular weight is 282 g/mol. The maximum Gasteiger partial charge on any atom is 0.0270 e. The Kier molecular flexibility index (Phi) is 5.23. The van der Waals surface area contributed by atoms with Crippen LogP contribution in [-0.4, -0.2) is 12.1 Å². The summed E-state index contributed by atoms with van der Waals surface area (Å²) in [5, 5.41) is 3.48. The van der Waals surface area contributed by atoms with Crippen LogP contribution >= 0.6 is 15.9 Å². The number of aryl methyl sites for hydroxylation is 1. The SMILES string of the molecule is C=C(Br)CNC(C)(C)CCc1ccccc1. The largest absolute Gasteiger partial charge is 0.307 e. The molecule has 0 radical (unpaired) electrons. The fourth-order valence-electron chi connectivity index (χ4n) is 1.53. The molecule has 0 atom stereocenters. The average Bonchev–Trinajstić information content (AvgIpc) is 2.26. The molecule has 0 aliphatic heterocycles. The minimum Gasteiger partial charge on any atom is -0.307 e. The van der Waals surface area contributed by atoms with Gasteiger partial charge in [-0.25, -0.2) is 0 Å². The summed E-state index contributed by atoms with van der Waals surface area (Å²) in [6, 6.07) is 10.6. The van der Waals surface area contributed by atoms with Crippen molar-refractivity contribution in [1.29, 1.82) is 0 Å². The lowest BCUT2D eigenvalue weighted by Crippen LogP contribution is -2.40. The van der Waals surface area contributed by atoms with E-state index in [1.807, 2.05) is 0 Å². The molecule has 2 heteroatoms. The summed E-state index contributed by atoms with van der Waals surface area (Å²) in [6.45, 7) is 9.11. The fourth-order valence-corrected chi connectivity index (χ4v) is 1.67. The molecule has 1 aromatic carbocycles. The summed E-state index contributed by atoms with van der Waals surface area (Å²) in [5.41, 5.74) is 1.54. The summed E-state index contributed by atoms with van der Waals surface area (Å²) in [7, 11) is 0. The first-order valence-electron chi connectivity index (χ1n) is 5.62. The van der Waals surface area contributed by atoms with Crippen molar-refractivity contribution in [1.82, 2.24) is 5.32 Å². The van der Waals surface area contributed by atoms with Gasteiger partial charge in [0.25, 0.3) is 0 Å². The highest BCUT2D eigenvalue weighted by Crippen LogP contribution is 2.14. The second kappa shape index (κ2) is 6.21. The molecule has 0 fully saturated rings. The van der Waals surface area contributed by atoms with Gasteiger partial charge in [-0.3, -0.25) is 0 Å². The van der Waals surface area contributed by atoms with E-state index in [0.717, 1.165) is 23.9 Å². The normalized spacial score (nSPS) is 11.4. The van der Waals surface area contributed by atoms with E-state index < -0.39 is 0 Å². The third kappa shape index (κ3) is 5.47. The molecule has 0 spiro atoms. The van der Waals surface area contributed by atoms with E-state index in [4.69, 9.17) is 0 Å². The Labute approximate surface area is 107 Å². The van der Waals surface area contributed by atoms with Gasteiger partial charge in [0.1, 0.15) is 0 Å². The third-order valence-electron chi connectivity index (χ3n) is 2.64. The van der Waals surface area contributed by atoms with Crippen LogP contribution in [0, 0.1) is 0 Å². The number of hydrogen-bond acceptors (Lipinski definition) is 1. The monoisotopic (exact) mass is 281 g/mol. The van der Waals surface area contributed by atoms with Gasteiger partial charge in [0.15, 0.2) is 0 Å². The van der Waals surface area contributed by atoms with Crippen LogP contribution in [0.15, 0.2) is 41.4 Å². The van der Waals surface area contributed by atoms with Crippen LogP contribution in [0.5, 0.6) is 0 Å². The molecule has 0 saturated heterocycles. The Bertz CT molecular complexity index is 330. The van der Waals surface area contributed by atoms with Crippen molar-refractivity contribution in [3.05, 3.63) is 47.0 Å². The van der Waals surface area contributed by atoms with E-state index in [2.05, 4.69) is 72.0 Å². The van der Waals surface area contributed by atoms with Gasteiger partial charge in [-0.15, -0.1) is 0 Å². The van der Waals surface area contributed by atoms with Gasteiger partial charge < -0.3 is 5.32 Å². The van der Waals surface area contributed by atoms with Crippen molar-refractivity contribution >= 4 is 15.9 Å². The van der Waals surface area contributed by atoms with Gasteiger partial charge in [0, 0.05) is 16.6 Å². The molecular formula is C14H20BrN. The molecule has 0 heterocycles. The topological polar surface area (TPSA) is 12.0 Å². The van der Waals surface area contributed by atoms with E-state index >= 15 is 0 Å². The van der Waals surface area contributed by atoms with E-state index in [1.165, 1.54) is 5.56 Å². The van der Waals surface area contributed by atoms with Crippen molar-refractivity contribution in [3.8, 4) is 0 Å². The third-order valence-corrected chi connectivity index (χ3v) is 2.92. The molecule has 0 saturated carbocycles. The van der Waals surface area contributed by atoms with E-state index in [-0.39, 0.29) is 5.54 Å². The first-order chi connectivity index (χ1) is 7.49. The predicted octanol–water partition coefficient (Wildman–Crippen LogP) is 3.90. The van der Waals surface area contributed by atoms with Gasteiger partial charge in [0.2, 0.25) is 0 Å². The Hall–Kier alpha value is -0.600. The minimum absolute atomic E-state index is 0.145. The lowest BCUT2D eigenvalue weighted by molar-refractivity contribution is 0.378. The molecule has 0 aliphatic rings. The van der Waals surface area contributed by atoms with Crippen LogP contribution in [0.4, 0.5) is 0 Å². The highest BCUT2D eigenvalue weighted by molar-refractivity contribution is 9.11. The Morgan fingerprint density at radius 1 is 1.31 bits per heavy atom. The molecule has 0 unspecified atom stereocenters.